The lowest BCUT2D eigenvalue weighted by molar-refractivity contribution is -0.121. The molecule has 0 aromatic heterocycles. The van der Waals surface area contributed by atoms with Crippen LogP contribution in [0, 0.1) is 5.92 Å². The van der Waals surface area contributed by atoms with Crippen LogP contribution >= 0.6 is 0 Å². The zero-order valence-electron chi connectivity index (χ0n) is 19.6. The Balaban J connectivity index is 1.94. The fraction of sp³-hybridized carbons (Fsp3) is 0.519. The van der Waals surface area contributed by atoms with Crippen LogP contribution in [0.2, 0.25) is 0 Å². The first-order valence-corrected chi connectivity index (χ1v) is 11.3. The van der Waals surface area contributed by atoms with Crippen LogP contribution in [-0.2, 0) is 10.2 Å². The van der Waals surface area contributed by atoms with E-state index in [1.54, 1.807) is 0 Å². The molecule has 1 amide bonds. The Labute approximate surface area is 183 Å². The van der Waals surface area contributed by atoms with Gasteiger partial charge in [0.2, 0.25) is 5.91 Å². The van der Waals surface area contributed by atoms with Crippen LogP contribution in [-0.4, -0.2) is 18.6 Å². The van der Waals surface area contributed by atoms with E-state index in [0.29, 0.717) is 18.9 Å². The van der Waals surface area contributed by atoms with Gasteiger partial charge in [-0.15, -0.1) is 0 Å². The molecule has 2 aromatic carbocycles. The van der Waals surface area contributed by atoms with E-state index in [1.807, 2.05) is 26.0 Å². The first-order valence-electron chi connectivity index (χ1n) is 11.3. The van der Waals surface area contributed by atoms with Gasteiger partial charge in [-0.1, -0.05) is 70.2 Å². The second-order valence-corrected chi connectivity index (χ2v) is 9.17. The molecule has 0 fully saturated rings. The summed E-state index contributed by atoms with van der Waals surface area (Å²) >= 11 is 0. The van der Waals surface area contributed by atoms with Crippen molar-refractivity contribution >= 4 is 5.91 Å². The normalized spacial score (nSPS) is 14.4. The highest BCUT2D eigenvalue weighted by Crippen LogP contribution is 2.31. The first kappa shape index (κ1) is 24.0. The van der Waals surface area contributed by atoms with Crippen molar-refractivity contribution in [1.82, 2.24) is 5.32 Å². The minimum Gasteiger partial charge on any atom is -0.491 e. The summed E-state index contributed by atoms with van der Waals surface area (Å²) in [5.74, 6) is 1.59. The molecule has 0 aliphatic heterocycles. The average Bonchev–Trinajstić information content (AvgIpc) is 2.72. The van der Waals surface area contributed by atoms with Gasteiger partial charge in [0.05, 0.1) is 6.10 Å². The lowest BCUT2D eigenvalue weighted by atomic mass is 9.77. The number of ether oxygens (including phenoxy) is 1. The zero-order chi connectivity index (χ0) is 22.1. The van der Waals surface area contributed by atoms with Crippen LogP contribution in [0.3, 0.4) is 0 Å². The maximum Gasteiger partial charge on any atom is 0.220 e. The maximum absolute atomic E-state index is 12.7. The predicted octanol–water partition coefficient (Wildman–Crippen LogP) is 6.48. The van der Waals surface area contributed by atoms with E-state index in [9.17, 15) is 4.79 Å². The molecular weight excluding hydrogens is 370 g/mol. The molecule has 0 saturated carbocycles. The van der Waals surface area contributed by atoms with Crippen LogP contribution in [0.4, 0.5) is 0 Å². The Morgan fingerprint density at radius 3 is 2.17 bits per heavy atom. The molecule has 1 N–H and O–H groups in total. The summed E-state index contributed by atoms with van der Waals surface area (Å²) in [4.78, 5) is 12.7. The number of rotatable bonds is 11. The van der Waals surface area contributed by atoms with E-state index >= 15 is 0 Å². The van der Waals surface area contributed by atoms with Crippen molar-refractivity contribution in [2.75, 3.05) is 6.54 Å². The van der Waals surface area contributed by atoms with Crippen LogP contribution in [0.5, 0.6) is 5.75 Å². The molecule has 0 aliphatic carbocycles. The largest absolute Gasteiger partial charge is 0.491 e. The van der Waals surface area contributed by atoms with E-state index in [4.69, 9.17) is 4.74 Å². The van der Waals surface area contributed by atoms with Crippen molar-refractivity contribution in [2.45, 2.75) is 78.2 Å². The Morgan fingerprint density at radius 1 is 1.00 bits per heavy atom. The molecular formula is C27H39NO2. The predicted molar refractivity (Wildman–Crippen MR) is 126 cm³/mol. The third-order valence-corrected chi connectivity index (χ3v) is 6.14. The lowest BCUT2D eigenvalue weighted by Crippen LogP contribution is -2.32. The van der Waals surface area contributed by atoms with Crippen molar-refractivity contribution in [3.63, 3.8) is 0 Å². The number of carbonyl (C=O) groups excluding carboxylic acids is 1. The highest BCUT2D eigenvalue weighted by atomic mass is 16.5. The second-order valence-electron chi connectivity index (χ2n) is 9.17. The molecule has 0 bridgehead atoms. The van der Waals surface area contributed by atoms with Gasteiger partial charge < -0.3 is 10.1 Å². The molecule has 0 saturated heterocycles. The third-order valence-electron chi connectivity index (χ3n) is 6.14. The molecule has 30 heavy (non-hydrogen) atoms. The lowest BCUT2D eigenvalue weighted by Gasteiger charge is -2.29. The van der Waals surface area contributed by atoms with Crippen LogP contribution < -0.4 is 10.1 Å². The summed E-state index contributed by atoms with van der Waals surface area (Å²) in [7, 11) is 0. The Hall–Kier alpha value is -2.29. The maximum atomic E-state index is 12.7. The van der Waals surface area contributed by atoms with Crippen molar-refractivity contribution in [3.8, 4) is 5.75 Å². The van der Waals surface area contributed by atoms with Gasteiger partial charge in [0.25, 0.3) is 0 Å². The Morgan fingerprint density at radius 2 is 1.63 bits per heavy atom. The highest BCUT2D eigenvalue weighted by Gasteiger charge is 2.25. The van der Waals surface area contributed by atoms with Gasteiger partial charge in [-0.3, -0.25) is 4.79 Å². The average molecular weight is 410 g/mol. The van der Waals surface area contributed by atoms with Crippen molar-refractivity contribution < 1.29 is 9.53 Å². The molecule has 0 aliphatic rings. The first-order chi connectivity index (χ1) is 14.2. The van der Waals surface area contributed by atoms with Crippen LogP contribution in [0.1, 0.15) is 77.8 Å². The quantitative estimate of drug-likeness (QED) is 0.461. The third kappa shape index (κ3) is 6.90. The molecule has 0 unspecified atom stereocenters. The highest BCUT2D eigenvalue weighted by molar-refractivity contribution is 5.76. The SMILES string of the molecule is CC[C@@](C)(CCNC(=O)C[C@@H](c1ccc(OC(C)C)cc1)C(C)C)c1ccccc1. The van der Waals surface area contributed by atoms with E-state index < -0.39 is 0 Å². The Kier molecular flexibility index (Phi) is 8.95. The van der Waals surface area contributed by atoms with E-state index in [2.05, 4.69) is 75.5 Å². The number of hydrogen-bond donors (Lipinski definition) is 1. The fourth-order valence-corrected chi connectivity index (χ4v) is 3.92. The van der Waals surface area contributed by atoms with Gasteiger partial charge in [-0.05, 0) is 67.2 Å². The molecule has 2 aromatic rings. The van der Waals surface area contributed by atoms with Gasteiger partial charge >= 0.3 is 0 Å². The standard InChI is InChI=1S/C27H39NO2/c1-7-27(6,23-11-9-8-10-12-23)17-18-28-26(29)19-25(20(2)3)22-13-15-24(16-14-22)30-21(4)5/h8-16,20-21,25H,7,17-19H2,1-6H3,(H,28,29)/t25-,27+/m1/s1. The monoisotopic (exact) mass is 409 g/mol. The molecule has 2 rings (SSSR count). The summed E-state index contributed by atoms with van der Waals surface area (Å²) in [5, 5.41) is 3.17. The topological polar surface area (TPSA) is 38.3 Å². The summed E-state index contributed by atoms with van der Waals surface area (Å²) < 4.78 is 5.74. The van der Waals surface area contributed by atoms with Gasteiger partial charge in [0, 0.05) is 13.0 Å². The summed E-state index contributed by atoms with van der Waals surface area (Å²) in [6, 6.07) is 18.8. The molecule has 0 radical (unpaired) electrons. The summed E-state index contributed by atoms with van der Waals surface area (Å²) in [5.41, 5.74) is 2.61. The fourth-order valence-electron chi connectivity index (χ4n) is 3.92. The molecule has 2 atom stereocenters. The van der Waals surface area contributed by atoms with Gasteiger partial charge in [0.1, 0.15) is 5.75 Å². The summed E-state index contributed by atoms with van der Waals surface area (Å²) in [6.45, 7) is 13.6. The smallest absolute Gasteiger partial charge is 0.220 e. The molecule has 0 heterocycles. The van der Waals surface area contributed by atoms with Crippen LogP contribution in [0.15, 0.2) is 54.6 Å². The number of benzene rings is 2. The Bertz CT molecular complexity index is 767. The van der Waals surface area contributed by atoms with E-state index in [0.717, 1.165) is 18.6 Å². The van der Waals surface area contributed by atoms with Crippen molar-refractivity contribution in [3.05, 3.63) is 65.7 Å². The van der Waals surface area contributed by atoms with E-state index in [1.165, 1.54) is 11.1 Å². The zero-order valence-corrected chi connectivity index (χ0v) is 19.6. The molecule has 0 spiro atoms. The molecule has 3 heteroatoms. The van der Waals surface area contributed by atoms with Crippen molar-refractivity contribution in [1.29, 1.82) is 0 Å². The van der Waals surface area contributed by atoms with Gasteiger partial charge in [-0.2, -0.15) is 0 Å². The van der Waals surface area contributed by atoms with Crippen LogP contribution in [0.25, 0.3) is 0 Å². The van der Waals surface area contributed by atoms with Gasteiger partial charge in [0.15, 0.2) is 0 Å². The number of amides is 1. The minimum absolute atomic E-state index is 0.0816. The molecule has 164 valence electrons. The van der Waals surface area contributed by atoms with Gasteiger partial charge in [-0.25, -0.2) is 0 Å². The number of carbonyl (C=O) groups is 1. The second kappa shape index (κ2) is 11.2. The van der Waals surface area contributed by atoms with Crippen molar-refractivity contribution in [2.24, 2.45) is 5.92 Å². The van der Waals surface area contributed by atoms with E-state index in [-0.39, 0.29) is 23.3 Å². The molecule has 3 nitrogen and oxygen atoms in total. The number of nitrogens with one attached hydrogen (secondary N) is 1. The number of hydrogen-bond acceptors (Lipinski definition) is 2. The minimum atomic E-state index is 0.0816. The summed E-state index contributed by atoms with van der Waals surface area (Å²) in [6.07, 6.45) is 2.65.